The summed E-state index contributed by atoms with van der Waals surface area (Å²) < 4.78 is 5.33. The Hall–Kier alpha value is -2.10. The van der Waals surface area contributed by atoms with Crippen LogP contribution in [-0.4, -0.2) is 22.5 Å². The number of hydrogen-bond donors (Lipinski definition) is 0. The highest BCUT2D eigenvalue weighted by Gasteiger charge is 2.50. The third-order valence-electron chi connectivity index (χ3n) is 3.13. The maximum atomic E-state index is 12.1. The first-order valence-electron chi connectivity index (χ1n) is 6.21. The van der Waals surface area contributed by atoms with E-state index in [0.717, 1.165) is 5.56 Å². The summed E-state index contributed by atoms with van der Waals surface area (Å²) in [7, 11) is 0. The van der Waals surface area contributed by atoms with Gasteiger partial charge < -0.3 is 4.74 Å². The summed E-state index contributed by atoms with van der Waals surface area (Å²) in [6, 6.07) is 9.03. The highest BCUT2D eigenvalue weighted by Crippen LogP contribution is 2.41. The standard InChI is InChI=1S/C15H17NO3/c1-4-8-12(17)16-13(11-9-6-5-7-10-11)15(2,3)19-14(16)18/h4-10,13H,1-3H3/b8-4+/t13-/m1/s1. The first-order chi connectivity index (χ1) is 8.97. The van der Waals surface area contributed by atoms with Gasteiger partial charge in [-0.3, -0.25) is 4.79 Å². The molecule has 1 fully saturated rings. The Labute approximate surface area is 112 Å². The number of rotatable bonds is 2. The zero-order valence-electron chi connectivity index (χ0n) is 11.3. The fraction of sp³-hybridized carbons (Fsp3) is 0.333. The van der Waals surface area contributed by atoms with E-state index in [2.05, 4.69) is 0 Å². The van der Waals surface area contributed by atoms with Crippen molar-refractivity contribution in [2.45, 2.75) is 32.4 Å². The molecule has 1 aromatic rings. The lowest BCUT2D eigenvalue weighted by molar-refractivity contribution is -0.124. The van der Waals surface area contributed by atoms with Crippen LogP contribution in [0.4, 0.5) is 4.79 Å². The average Bonchev–Trinajstić information content (AvgIpc) is 2.60. The van der Waals surface area contributed by atoms with Crippen LogP contribution in [0.15, 0.2) is 42.5 Å². The molecule has 4 heteroatoms. The second kappa shape index (κ2) is 4.88. The molecule has 2 rings (SSSR count). The van der Waals surface area contributed by atoms with Crippen molar-refractivity contribution >= 4 is 12.0 Å². The van der Waals surface area contributed by atoms with E-state index in [0.29, 0.717) is 0 Å². The summed E-state index contributed by atoms with van der Waals surface area (Å²) in [5, 5.41) is 0. The topological polar surface area (TPSA) is 46.6 Å². The minimum absolute atomic E-state index is 0.355. The third kappa shape index (κ3) is 2.38. The molecule has 0 bridgehead atoms. The Balaban J connectivity index is 2.46. The number of imide groups is 1. The average molecular weight is 259 g/mol. The number of nitrogens with zero attached hydrogens (tertiary/aromatic N) is 1. The van der Waals surface area contributed by atoms with Crippen LogP contribution in [-0.2, 0) is 9.53 Å². The van der Waals surface area contributed by atoms with Crippen LogP contribution in [0.25, 0.3) is 0 Å². The largest absolute Gasteiger partial charge is 0.440 e. The van der Waals surface area contributed by atoms with Crippen LogP contribution < -0.4 is 0 Å². The summed E-state index contributed by atoms with van der Waals surface area (Å²) in [4.78, 5) is 25.2. The molecule has 19 heavy (non-hydrogen) atoms. The number of hydrogen-bond acceptors (Lipinski definition) is 3. The fourth-order valence-corrected chi connectivity index (χ4v) is 2.37. The Bertz CT molecular complexity index is 519. The fourth-order valence-electron chi connectivity index (χ4n) is 2.37. The summed E-state index contributed by atoms with van der Waals surface area (Å²) in [6.07, 6.45) is 2.39. The zero-order chi connectivity index (χ0) is 14.0. The number of cyclic esters (lactones) is 1. The smallest absolute Gasteiger partial charge is 0.418 e. The van der Waals surface area contributed by atoms with Crippen molar-refractivity contribution in [1.82, 2.24) is 4.90 Å². The van der Waals surface area contributed by atoms with Gasteiger partial charge in [0.1, 0.15) is 11.6 Å². The molecule has 1 aromatic carbocycles. The molecule has 0 saturated carbocycles. The highest BCUT2D eigenvalue weighted by molar-refractivity contribution is 6.00. The van der Waals surface area contributed by atoms with E-state index in [-0.39, 0.29) is 5.91 Å². The molecule has 0 radical (unpaired) electrons. The number of allylic oxidation sites excluding steroid dienone is 1. The third-order valence-corrected chi connectivity index (χ3v) is 3.13. The quantitative estimate of drug-likeness (QED) is 0.767. The van der Waals surface area contributed by atoms with Crippen LogP contribution in [0.1, 0.15) is 32.4 Å². The summed E-state index contributed by atoms with van der Waals surface area (Å²) in [6.45, 7) is 5.36. The molecule has 0 unspecified atom stereocenters. The predicted octanol–water partition coefficient (Wildman–Crippen LogP) is 3.06. The van der Waals surface area contributed by atoms with Gasteiger partial charge in [0.25, 0.3) is 5.91 Å². The first-order valence-corrected chi connectivity index (χ1v) is 6.21. The lowest BCUT2D eigenvalue weighted by Crippen LogP contribution is -2.37. The van der Waals surface area contributed by atoms with Gasteiger partial charge in [0.05, 0.1) is 0 Å². The second-order valence-electron chi connectivity index (χ2n) is 4.99. The van der Waals surface area contributed by atoms with E-state index in [1.165, 1.54) is 11.0 Å². The molecular formula is C15H17NO3. The Morgan fingerprint density at radius 3 is 2.53 bits per heavy atom. The van der Waals surface area contributed by atoms with Gasteiger partial charge in [-0.15, -0.1) is 0 Å². The van der Waals surface area contributed by atoms with E-state index in [1.54, 1.807) is 13.0 Å². The molecule has 2 amide bonds. The van der Waals surface area contributed by atoms with Crippen molar-refractivity contribution in [3.8, 4) is 0 Å². The molecule has 1 aliphatic rings. The molecule has 1 atom stereocenters. The van der Waals surface area contributed by atoms with Gasteiger partial charge in [0, 0.05) is 0 Å². The molecule has 0 spiro atoms. The van der Waals surface area contributed by atoms with Gasteiger partial charge in [-0.25, -0.2) is 9.69 Å². The van der Waals surface area contributed by atoms with Gasteiger partial charge in [0.2, 0.25) is 0 Å². The van der Waals surface area contributed by atoms with Gasteiger partial charge in [-0.2, -0.15) is 0 Å². The summed E-state index contributed by atoms with van der Waals surface area (Å²) in [5.41, 5.74) is 0.145. The molecule has 0 aliphatic carbocycles. The van der Waals surface area contributed by atoms with Gasteiger partial charge in [-0.05, 0) is 32.4 Å². The Morgan fingerprint density at radius 1 is 1.32 bits per heavy atom. The highest BCUT2D eigenvalue weighted by atomic mass is 16.6. The maximum Gasteiger partial charge on any atom is 0.418 e. The Morgan fingerprint density at radius 2 is 1.95 bits per heavy atom. The van der Waals surface area contributed by atoms with Crippen LogP contribution >= 0.6 is 0 Å². The van der Waals surface area contributed by atoms with Crippen LogP contribution in [0.3, 0.4) is 0 Å². The van der Waals surface area contributed by atoms with Crippen molar-refractivity contribution in [2.24, 2.45) is 0 Å². The molecule has 0 aromatic heterocycles. The number of carbonyl (C=O) groups is 2. The molecule has 100 valence electrons. The molecule has 1 saturated heterocycles. The van der Waals surface area contributed by atoms with Gasteiger partial charge in [-0.1, -0.05) is 36.4 Å². The minimum Gasteiger partial charge on any atom is -0.440 e. The molecule has 0 N–H and O–H groups in total. The molecular weight excluding hydrogens is 242 g/mol. The number of ether oxygens (including phenoxy) is 1. The number of amides is 2. The van der Waals surface area contributed by atoms with Gasteiger partial charge >= 0.3 is 6.09 Å². The van der Waals surface area contributed by atoms with Crippen molar-refractivity contribution < 1.29 is 14.3 Å². The van der Waals surface area contributed by atoms with E-state index < -0.39 is 17.7 Å². The van der Waals surface area contributed by atoms with Crippen molar-refractivity contribution in [1.29, 1.82) is 0 Å². The Kier molecular flexibility index (Phi) is 3.42. The van der Waals surface area contributed by atoms with Crippen molar-refractivity contribution in [2.75, 3.05) is 0 Å². The van der Waals surface area contributed by atoms with Gasteiger partial charge in [0.15, 0.2) is 0 Å². The lowest BCUT2D eigenvalue weighted by atomic mass is 9.91. The maximum absolute atomic E-state index is 12.1. The van der Waals surface area contributed by atoms with E-state index in [4.69, 9.17) is 4.74 Å². The lowest BCUT2D eigenvalue weighted by Gasteiger charge is -2.27. The van der Waals surface area contributed by atoms with Crippen LogP contribution in [0.2, 0.25) is 0 Å². The van der Waals surface area contributed by atoms with E-state index in [1.807, 2.05) is 44.2 Å². The molecule has 1 aliphatic heterocycles. The molecule has 4 nitrogen and oxygen atoms in total. The van der Waals surface area contributed by atoms with Crippen LogP contribution in [0.5, 0.6) is 0 Å². The SMILES string of the molecule is C/C=C/C(=O)N1C(=O)OC(C)(C)[C@H]1c1ccccc1. The summed E-state index contributed by atoms with van der Waals surface area (Å²) in [5.74, 6) is -0.355. The van der Waals surface area contributed by atoms with Crippen LogP contribution in [0, 0.1) is 0 Å². The van der Waals surface area contributed by atoms with E-state index in [9.17, 15) is 9.59 Å². The zero-order valence-corrected chi connectivity index (χ0v) is 11.3. The van der Waals surface area contributed by atoms with E-state index >= 15 is 0 Å². The predicted molar refractivity (Wildman–Crippen MR) is 71.4 cm³/mol. The van der Waals surface area contributed by atoms with Crippen molar-refractivity contribution in [3.05, 3.63) is 48.0 Å². The van der Waals surface area contributed by atoms with Crippen molar-refractivity contribution in [3.63, 3.8) is 0 Å². The number of carbonyl (C=O) groups excluding carboxylic acids is 2. The summed E-state index contributed by atoms with van der Waals surface area (Å²) >= 11 is 0. The molecule has 1 heterocycles. The normalized spacial score (nSPS) is 21.7. The monoisotopic (exact) mass is 259 g/mol. The number of benzene rings is 1. The second-order valence-corrected chi connectivity index (χ2v) is 4.99. The minimum atomic E-state index is -0.740. The first kappa shape index (κ1) is 13.3.